The van der Waals surface area contributed by atoms with Crippen LogP contribution in [0, 0.1) is 5.92 Å². The first kappa shape index (κ1) is 13.3. The normalized spacial score (nSPS) is 23.8. The van der Waals surface area contributed by atoms with Gasteiger partial charge in [0.1, 0.15) is 0 Å². The number of hydrogen-bond donors (Lipinski definition) is 2. The number of nitrogens with zero attached hydrogens (tertiary/aromatic N) is 2. The molecule has 0 saturated heterocycles. The van der Waals surface area contributed by atoms with Crippen molar-refractivity contribution in [3.05, 3.63) is 11.9 Å². The molecule has 2 atom stereocenters. The molecule has 16 heavy (non-hydrogen) atoms. The number of hydrogen-bond acceptors (Lipinski definition) is 5. The Morgan fingerprint density at radius 1 is 1.62 bits per heavy atom. The summed E-state index contributed by atoms with van der Waals surface area (Å²) < 4.78 is 7.70. The standard InChI is InChI=1S/C9H14N4OS.ClH/c10-4-6-2-1-3-7(6)12-9(14)8-5-11-15-13-8;/h5-7H,1-4,10H2,(H,12,14);1H. The number of nitrogens with one attached hydrogen (secondary N) is 1. The lowest BCUT2D eigenvalue weighted by atomic mass is 10.0. The van der Waals surface area contributed by atoms with E-state index in [1.807, 2.05) is 0 Å². The van der Waals surface area contributed by atoms with Crippen LogP contribution in [0.25, 0.3) is 0 Å². The summed E-state index contributed by atoms with van der Waals surface area (Å²) in [7, 11) is 0. The fraction of sp³-hybridized carbons (Fsp3) is 0.667. The van der Waals surface area contributed by atoms with E-state index in [4.69, 9.17) is 5.73 Å². The van der Waals surface area contributed by atoms with Crippen molar-refractivity contribution in [2.24, 2.45) is 11.7 Å². The average Bonchev–Trinajstić information content (AvgIpc) is 2.87. The van der Waals surface area contributed by atoms with Crippen LogP contribution in [0.2, 0.25) is 0 Å². The summed E-state index contributed by atoms with van der Waals surface area (Å²) in [5, 5.41) is 2.97. The molecule has 7 heteroatoms. The Morgan fingerprint density at radius 3 is 3.06 bits per heavy atom. The first-order valence-corrected chi connectivity index (χ1v) is 5.83. The zero-order valence-electron chi connectivity index (χ0n) is 8.76. The largest absolute Gasteiger partial charge is 0.348 e. The van der Waals surface area contributed by atoms with Crippen LogP contribution in [0.1, 0.15) is 29.8 Å². The number of nitrogens with two attached hydrogens (primary N) is 1. The molecule has 1 fully saturated rings. The molecule has 0 aliphatic heterocycles. The van der Waals surface area contributed by atoms with Crippen molar-refractivity contribution in [3.63, 3.8) is 0 Å². The maximum atomic E-state index is 11.7. The molecular formula is C9H15ClN4OS. The van der Waals surface area contributed by atoms with Crippen LogP contribution in [0.4, 0.5) is 0 Å². The Bertz CT molecular complexity index is 332. The van der Waals surface area contributed by atoms with Gasteiger partial charge in [-0.15, -0.1) is 12.4 Å². The summed E-state index contributed by atoms with van der Waals surface area (Å²) in [6.07, 6.45) is 4.76. The van der Waals surface area contributed by atoms with Crippen LogP contribution < -0.4 is 11.1 Å². The van der Waals surface area contributed by atoms with Gasteiger partial charge in [0.25, 0.3) is 5.91 Å². The number of carbonyl (C=O) groups excluding carboxylic acids is 1. The lowest BCUT2D eigenvalue weighted by Crippen LogP contribution is -2.39. The second kappa shape index (κ2) is 6.12. The van der Waals surface area contributed by atoms with Gasteiger partial charge in [0.15, 0.2) is 5.69 Å². The Balaban J connectivity index is 0.00000128. The zero-order chi connectivity index (χ0) is 10.7. The van der Waals surface area contributed by atoms with Crippen LogP contribution in [0.5, 0.6) is 0 Å². The average molecular weight is 263 g/mol. The predicted octanol–water partition coefficient (Wildman–Crippen LogP) is 0.817. The molecule has 1 aliphatic carbocycles. The molecule has 3 N–H and O–H groups in total. The first-order valence-electron chi connectivity index (χ1n) is 5.09. The van der Waals surface area contributed by atoms with Gasteiger partial charge in [0.05, 0.1) is 17.9 Å². The van der Waals surface area contributed by atoms with Gasteiger partial charge in [-0.05, 0) is 25.3 Å². The fourth-order valence-electron chi connectivity index (χ4n) is 2.02. The molecule has 0 spiro atoms. The Kier molecular flexibility index (Phi) is 5.11. The van der Waals surface area contributed by atoms with Gasteiger partial charge < -0.3 is 11.1 Å². The van der Waals surface area contributed by atoms with Crippen LogP contribution in [0.3, 0.4) is 0 Å². The molecule has 0 aromatic carbocycles. The smallest absolute Gasteiger partial charge is 0.272 e. The minimum absolute atomic E-state index is 0. The van der Waals surface area contributed by atoms with E-state index in [2.05, 4.69) is 14.1 Å². The highest BCUT2D eigenvalue weighted by atomic mass is 35.5. The van der Waals surface area contributed by atoms with E-state index in [1.54, 1.807) is 0 Å². The van der Waals surface area contributed by atoms with Crippen molar-refractivity contribution in [3.8, 4) is 0 Å². The highest BCUT2D eigenvalue weighted by molar-refractivity contribution is 6.99. The topological polar surface area (TPSA) is 80.9 Å². The molecule has 1 saturated carbocycles. The van der Waals surface area contributed by atoms with Gasteiger partial charge in [-0.3, -0.25) is 4.79 Å². The molecule has 1 aliphatic rings. The highest BCUT2D eigenvalue weighted by Crippen LogP contribution is 2.24. The monoisotopic (exact) mass is 262 g/mol. The number of halogens is 1. The van der Waals surface area contributed by atoms with E-state index in [0.29, 0.717) is 18.2 Å². The van der Waals surface area contributed by atoms with Crippen molar-refractivity contribution in [2.75, 3.05) is 6.54 Å². The van der Waals surface area contributed by atoms with Crippen molar-refractivity contribution in [2.45, 2.75) is 25.3 Å². The second-order valence-electron chi connectivity index (χ2n) is 3.80. The third-order valence-corrected chi connectivity index (χ3v) is 3.35. The summed E-state index contributed by atoms with van der Waals surface area (Å²) in [6, 6.07) is 0.212. The number of aromatic nitrogens is 2. The maximum absolute atomic E-state index is 11.7. The first-order chi connectivity index (χ1) is 7.31. The van der Waals surface area contributed by atoms with Crippen molar-refractivity contribution < 1.29 is 4.79 Å². The van der Waals surface area contributed by atoms with Gasteiger partial charge in [-0.25, -0.2) is 0 Å². The minimum Gasteiger partial charge on any atom is -0.348 e. The molecular weight excluding hydrogens is 248 g/mol. The molecule has 0 bridgehead atoms. The molecule has 1 aromatic heterocycles. The Hall–Kier alpha value is -0.720. The summed E-state index contributed by atoms with van der Waals surface area (Å²) in [6.45, 7) is 0.639. The van der Waals surface area contributed by atoms with Crippen LogP contribution in [-0.4, -0.2) is 27.2 Å². The molecule has 1 heterocycles. The molecule has 1 amide bonds. The van der Waals surface area contributed by atoms with E-state index in [9.17, 15) is 4.79 Å². The summed E-state index contributed by atoms with van der Waals surface area (Å²) >= 11 is 1.05. The molecule has 2 unspecified atom stereocenters. The third kappa shape index (κ3) is 2.90. The highest BCUT2D eigenvalue weighted by Gasteiger charge is 2.27. The fourth-order valence-corrected chi connectivity index (χ4v) is 2.43. The SMILES string of the molecule is Cl.NCC1CCCC1NC(=O)c1cnsn1. The zero-order valence-corrected chi connectivity index (χ0v) is 10.4. The van der Waals surface area contributed by atoms with Gasteiger partial charge in [0, 0.05) is 6.04 Å². The quantitative estimate of drug-likeness (QED) is 0.845. The van der Waals surface area contributed by atoms with Crippen molar-refractivity contribution in [1.29, 1.82) is 0 Å². The number of amides is 1. The summed E-state index contributed by atoms with van der Waals surface area (Å²) in [5.41, 5.74) is 6.05. The van der Waals surface area contributed by atoms with Crippen LogP contribution >= 0.6 is 24.1 Å². The third-order valence-electron chi connectivity index (χ3n) is 2.87. The van der Waals surface area contributed by atoms with Crippen molar-refractivity contribution in [1.82, 2.24) is 14.1 Å². The van der Waals surface area contributed by atoms with Gasteiger partial charge in [0.2, 0.25) is 0 Å². The van der Waals surface area contributed by atoms with Gasteiger partial charge in [-0.1, -0.05) is 6.42 Å². The van der Waals surface area contributed by atoms with E-state index < -0.39 is 0 Å². The molecule has 5 nitrogen and oxygen atoms in total. The summed E-state index contributed by atoms with van der Waals surface area (Å²) in [5.74, 6) is 0.287. The van der Waals surface area contributed by atoms with E-state index in [0.717, 1.165) is 31.0 Å². The number of rotatable bonds is 3. The van der Waals surface area contributed by atoms with E-state index >= 15 is 0 Å². The summed E-state index contributed by atoms with van der Waals surface area (Å²) in [4.78, 5) is 11.7. The minimum atomic E-state index is -0.130. The maximum Gasteiger partial charge on any atom is 0.272 e. The second-order valence-corrected chi connectivity index (χ2v) is 4.36. The lowest BCUT2D eigenvalue weighted by molar-refractivity contribution is 0.0924. The van der Waals surface area contributed by atoms with E-state index in [1.165, 1.54) is 6.20 Å². The van der Waals surface area contributed by atoms with Crippen molar-refractivity contribution >= 4 is 30.0 Å². The van der Waals surface area contributed by atoms with E-state index in [-0.39, 0.29) is 24.4 Å². The van der Waals surface area contributed by atoms with Crippen LogP contribution in [0.15, 0.2) is 6.20 Å². The van der Waals surface area contributed by atoms with Gasteiger partial charge in [-0.2, -0.15) is 8.75 Å². The number of carbonyl (C=O) groups is 1. The molecule has 90 valence electrons. The molecule has 1 aromatic rings. The Labute approximate surface area is 105 Å². The van der Waals surface area contributed by atoms with Crippen LogP contribution in [-0.2, 0) is 0 Å². The molecule has 0 radical (unpaired) electrons. The van der Waals surface area contributed by atoms with Gasteiger partial charge >= 0.3 is 0 Å². The Morgan fingerprint density at radius 2 is 2.44 bits per heavy atom. The lowest BCUT2D eigenvalue weighted by Gasteiger charge is -2.18. The predicted molar refractivity (Wildman–Crippen MR) is 64.8 cm³/mol. The molecule has 2 rings (SSSR count).